The molecular weight excluding hydrogens is 450 g/mol. The van der Waals surface area contributed by atoms with Gasteiger partial charge in [-0.15, -0.1) is 0 Å². The molecule has 0 aliphatic carbocycles. The first-order valence-electron chi connectivity index (χ1n) is 10.8. The third kappa shape index (κ3) is 3.22. The summed E-state index contributed by atoms with van der Waals surface area (Å²) in [7, 11) is 1.66. The number of aromatic nitrogens is 2. The van der Waals surface area contributed by atoms with Crippen molar-refractivity contribution >= 4 is 29.1 Å². The number of fused-ring (bicyclic) bond motifs is 2. The highest BCUT2D eigenvalue weighted by molar-refractivity contribution is 6.30. The van der Waals surface area contributed by atoms with E-state index in [0.29, 0.717) is 11.0 Å². The van der Waals surface area contributed by atoms with Crippen molar-refractivity contribution in [1.29, 1.82) is 0 Å². The number of anilines is 1. The second-order valence-corrected chi connectivity index (χ2v) is 8.41. The van der Waals surface area contributed by atoms with E-state index in [4.69, 9.17) is 26.4 Å². The summed E-state index contributed by atoms with van der Waals surface area (Å²) in [6.07, 6.45) is 0. The van der Waals surface area contributed by atoms with Gasteiger partial charge in [0.1, 0.15) is 11.8 Å². The standard InChI is InChI=1S/C25H20ClN7O/c1-16-22-23(17-8-14-21(34-2)15-9-17)33-25(32(29-30-33)19-6-4-3-5-7-19)27-24(22)31(28-16)20-12-10-18(26)11-13-20/h3-15,23H,1-2H3/t23-/m0/s1. The summed E-state index contributed by atoms with van der Waals surface area (Å²) in [5, 5.41) is 18.1. The van der Waals surface area contributed by atoms with Crippen LogP contribution in [0.3, 0.4) is 0 Å². The molecule has 1 aromatic heterocycles. The fourth-order valence-electron chi connectivity index (χ4n) is 4.29. The molecule has 3 heterocycles. The smallest absolute Gasteiger partial charge is 0.253 e. The number of para-hydroxylation sites is 1. The topological polar surface area (TPSA) is 70.6 Å². The normalized spacial score (nSPS) is 16.3. The van der Waals surface area contributed by atoms with Gasteiger partial charge < -0.3 is 4.74 Å². The van der Waals surface area contributed by atoms with Gasteiger partial charge in [0.05, 0.1) is 24.2 Å². The Bertz CT molecular complexity index is 1410. The Morgan fingerprint density at radius 3 is 2.29 bits per heavy atom. The van der Waals surface area contributed by atoms with Crippen LogP contribution in [-0.4, -0.2) is 27.9 Å². The number of hydrogen-bond acceptors (Lipinski definition) is 7. The van der Waals surface area contributed by atoms with Crippen LogP contribution in [0.4, 0.5) is 11.5 Å². The van der Waals surface area contributed by atoms with Gasteiger partial charge in [-0.25, -0.2) is 4.68 Å². The molecule has 8 nitrogen and oxygen atoms in total. The highest BCUT2D eigenvalue weighted by atomic mass is 35.5. The molecule has 4 aromatic rings. The Hall–Kier alpha value is -4.17. The maximum Gasteiger partial charge on any atom is 0.253 e. The van der Waals surface area contributed by atoms with Crippen molar-refractivity contribution in [2.24, 2.45) is 15.4 Å². The van der Waals surface area contributed by atoms with Crippen molar-refractivity contribution < 1.29 is 4.74 Å². The second kappa shape index (κ2) is 8.00. The Kier molecular flexibility index (Phi) is 4.81. The molecule has 0 amide bonds. The summed E-state index contributed by atoms with van der Waals surface area (Å²) in [6.45, 7) is 1.99. The molecule has 0 unspecified atom stereocenters. The fourth-order valence-corrected chi connectivity index (χ4v) is 4.42. The van der Waals surface area contributed by atoms with Crippen molar-refractivity contribution in [3.8, 4) is 11.4 Å². The largest absolute Gasteiger partial charge is 0.497 e. The number of rotatable bonds is 4. The number of ether oxygens (including phenoxy) is 1. The molecule has 0 bridgehead atoms. The maximum atomic E-state index is 6.13. The summed E-state index contributed by atoms with van der Waals surface area (Å²) in [5.74, 6) is 2.13. The molecule has 3 aromatic carbocycles. The monoisotopic (exact) mass is 469 g/mol. The molecule has 2 aliphatic heterocycles. The van der Waals surface area contributed by atoms with Gasteiger partial charge in [-0.2, -0.15) is 20.1 Å². The van der Waals surface area contributed by atoms with E-state index >= 15 is 0 Å². The lowest BCUT2D eigenvalue weighted by Gasteiger charge is -2.30. The summed E-state index contributed by atoms with van der Waals surface area (Å²) in [6, 6.07) is 25.1. The molecule has 0 fully saturated rings. The SMILES string of the molecule is COc1ccc([C@H]2c3c(C)nn(-c4ccc(Cl)cc4)c3N=C3N(c4ccccc4)N=NN32)cc1. The van der Waals surface area contributed by atoms with Gasteiger partial charge in [-0.1, -0.05) is 41.9 Å². The van der Waals surface area contributed by atoms with E-state index in [9.17, 15) is 0 Å². The fraction of sp³-hybridized carbons (Fsp3) is 0.120. The Morgan fingerprint density at radius 2 is 1.59 bits per heavy atom. The van der Waals surface area contributed by atoms with E-state index in [1.54, 1.807) is 12.1 Å². The molecule has 34 heavy (non-hydrogen) atoms. The first kappa shape index (κ1) is 20.4. The van der Waals surface area contributed by atoms with Crippen LogP contribution in [0, 0.1) is 6.92 Å². The van der Waals surface area contributed by atoms with Crippen LogP contribution in [0.2, 0.25) is 5.02 Å². The molecule has 0 saturated carbocycles. The van der Waals surface area contributed by atoms with Crippen LogP contribution in [0.1, 0.15) is 22.9 Å². The quantitative estimate of drug-likeness (QED) is 0.365. The van der Waals surface area contributed by atoms with Crippen molar-refractivity contribution in [1.82, 2.24) is 14.8 Å². The van der Waals surface area contributed by atoms with Gasteiger partial charge in [-0.3, -0.25) is 0 Å². The van der Waals surface area contributed by atoms with E-state index < -0.39 is 0 Å². The summed E-state index contributed by atoms with van der Waals surface area (Å²) in [5.41, 5.74) is 4.61. The molecule has 168 valence electrons. The molecule has 2 aliphatic rings. The van der Waals surface area contributed by atoms with Gasteiger partial charge >= 0.3 is 0 Å². The van der Waals surface area contributed by atoms with Crippen LogP contribution >= 0.6 is 11.6 Å². The van der Waals surface area contributed by atoms with Gasteiger partial charge in [0.25, 0.3) is 5.96 Å². The number of methoxy groups -OCH3 is 1. The third-order valence-corrected chi connectivity index (χ3v) is 6.18. The predicted molar refractivity (Wildman–Crippen MR) is 131 cm³/mol. The number of nitrogens with zero attached hydrogens (tertiary/aromatic N) is 7. The molecular formula is C25H20ClN7O. The lowest BCUT2D eigenvalue weighted by Crippen LogP contribution is -2.38. The molecule has 1 atom stereocenters. The van der Waals surface area contributed by atoms with E-state index in [1.807, 2.05) is 95.5 Å². The zero-order chi connectivity index (χ0) is 23.2. The molecule has 6 rings (SSSR count). The molecule has 0 spiro atoms. The molecule has 0 radical (unpaired) electrons. The van der Waals surface area contributed by atoms with Crippen LogP contribution in [0.5, 0.6) is 5.75 Å². The lowest BCUT2D eigenvalue weighted by atomic mass is 9.96. The van der Waals surface area contributed by atoms with Crippen LogP contribution in [0.15, 0.2) is 94.3 Å². The van der Waals surface area contributed by atoms with Crippen LogP contribution in [-0.2, 0) is 0 Å². The highest BCUT2D eigenvalue weighted by Crippen LogP contribution is 2.45. The summed E-state index contributed by atoms with van der Waals surface area (Å²) >= 11 is 6.13. The van der Waals surface area contributed by atoms with E-state index in [2.05, 4.69) is 10.4 Å². The average Bonchev–Trinajstić information content (AvgIpc) is 3.45. The average molecular weight is 470 g/mol. The second-order valence-electron chi connectivity index (χ2n) is 7.97. The number of guanidine groups is 1. The minimum atomic E-state index is -0.257. The van der Waals surface area contributed by atoms with Crippen molar-refractivity contribution in [2.75, 3.05) is 12.1 Å². The maximum absolute atomic E-state index is 6.13. The number of aryl methyl sites for hydroxylation is 1. The number of benzene rings is 3. The van der Waals surface area contributed by atoms with Gasteiger partial charge in [0, 0.05) is 10.6 Å². The first-order chi connectivity index (χ1) is 16.6. The van der Waals surface area contributed by atoms with Crippen molar-refractivity contribution in [3.05, 3.63) is 101 Å². The number of halogens is 1. The van der Waals surface area contributed by atoms with E-state index in [0.717, 1.165) is 39.8 Å². The third-order valence-electron chi connectivity index (χ3n) is 5.93. The first-order valence-corrected chi connectivity index (χ1v) is 11.2. The zero-order valence-corrected chi connectivity index (χ0v) is 19.3. The van der Waals surface area contributed by atoms with Gasteiger partial charge in [-0.05, 0) is 71.5 Å². The van der Waals surface area contributed by atoms with Crippen LogP contribution in [0.25, 0.3) is 5.69 Å². The van der Waals surface area contributed by atoms with Crippen molar-refractivity contribution in [3.63, 3.8) is 0 Å². The molecule has 0 saturated heterocycles. The lowest BCUT2D eigenvalue weighted by molar-refractivity contribution is 0.364. The minimum Gasteiger partial charge on any atom is -0.497 e. The predicted octanol–water partition coefficient (Wildman–Crippen LogP) is 6.04. The number of aliphatic imine (C=N–C) groups is 1. The van der Waals surface area contributed by atoms with E-state index in [1.165, 1.54) is 0 Å². The van der Waals surface area contributed by atoms with Gasteiger partial charge in [0.15, 0.2) is 5.82 Å². The summed E-state index contributed by atoms with van der Waals surface area (Å²) < 4.78 is 7.22. The highest BCUT2D eigenvalue weighted by Gasteiger charge is 2.42. The Morgan fingerprint density at radius 1 is 0.853 bits per heavy atom. The minimum absolute atomic E-state index is 0.257. The molecule has 9 heteroatoms. The summed E-state index contributed by atoms with van der Waals surface area (Å²) in [4.78, 5) is 5.02. The van der Waals surface area contributed by atoms with Crippen molar-refractivity contribution in [2.45, 2.75) is 13.0 Å². The van der Waals surface area contributed by atoms with Crippen LogP contribution < -0.4 is 9.75 Å². The Balaban J connectivity index is 1.55. The van der Waals surface area contributed by atoms with E-state index in [-0.39, 0.29) is 6.04 Å². The van der Waals surface area contributed by atoms with Gasteiger partial charge in [0.2, 0.25) is 0 Å². The number of hydrogen-bond donors (Lipinski definition) is 0. The molecule has 0 N–H and O–H groups in total. The Labute approximate surface area is 201 Å². The zero-order valence-electron chi connectivity index (χ0n) is 18.5.